The van der Waals surface area contributed by atoms with Gasteiger partial charge < -0.3 is 21.1 Å². The van der Waals surface area contributed by atoms with Crippen LogP contribution in [0.1, 0.15) is 6.92 Å². The number of amides is 2. The number of carbonyl (C=O) groups excluding carboxylic acids is 2. The van der Waals surface area contributed by atoms with E-state index in [1.807, 2.05) is 6.92 Å². The van der Waals surface area contributed by atoms with Crippen LogP contribution in [0.4, 0.5) is 5.69 Å². The van der Waals surface area contributed by atoms with Crippen molar-refractivity contribution in [3.05, 3.63) is 18.3 Å². The first-order chi connectivity index (χ1) is 8.67. The average molecular weight is 252 g/mol. The van der Waals surface area contributed by atoms with Crippen molar-refractivity contribution in [2.75, 3.05) is 25.0 Å². The maximum atomic E-state index is 11.5. The summed E-state index contributed by atoms with van der Waals surface area (Å²) in [4.78, 5) is 26.4. The summed E-state index contributed by atoms with van der Waals surface area (Å²) in [7, 11) is 0. The van der Waals surface area contributed by atoms with E-state index in [2.05, 4.69) is 15.6 Å². The molecule has 98 valence electrons. The van der Waals surface area contributed by atoms with Gasteiger partial charge in [-0.25, -0.2) is 4.98 Å². The van der Waals surface area contributed by atoms with E-state index in [-0.39, 0.29) is 24.9 Å². The van der Waals surface area contributed by atoms with Gasteiger partial charge in [0.1, 0.15) is 5.69 Å². The molecular weight excluding hydrogens is 236 g/mol. The molecule has 0 radical (unpaired) electrons. The van der Waals surface area contributed by atoms with Crippen molar-refractivity contribution >= 4 is 17.5 Å². The van der Waals surface area contributed by atoms with Gasteiger partial charge in [0.05, 0.1) is 19.7 Å². The number of carbonyl (C=O) groups is 2. The molecular formula is C11H16N4O3. The number of hydrogen-bond acceptors (Lipinski definition) is 5. The third-order valence-electron chi connectivity index (χ3n) is 1.96. The fourth-order valence-corrected chi connectivity index (χ4v) is 1.18. The summed E-state index contributed by atoms with van der Waals surface area (Å²) in [6.07, 6.45) is 1.57. The molecule has 2 amide bonds. The lowest BCUT2D eigenvalue weighted by atomic mass is 10.4. The van der Waals surface area contributed by atoms with Crippen LogP contribution in [0.25, 0.3) is 0 Å². The molecule has 1 aromatic rings. The molecule has 0 unspecified atom stereocenters. The van der Waals surface area contributed by atoms with Gasteiger partial charge in [-0.05, 0) is 19.1 Å². The minimum atomic E-state index is -0.388. The van der Waals surface area contributed by atoms with E-state index in [0.717, 1.165) is 0 Å². The number of aromatic nitrogens is 1. The van der Waals surface area contributed by atoms with Crippen LogP contribution in [0.15, 0.2) is 18.3 Å². The highest BCUT2D eigenvalue weighted by Gasteiger charge is 2.09. The van der Waals surface area contributed by atoms with Crippen LogP contribution in [-0.2, 0) is 9.59 Å². The molecule has 18 heavy (non-hydrogen) atoms. The first-order valence-electron chi connectivity index (χ1n) is 5.51. The zero-order valence-electron chi connectivity index (χ0n) is 10.1. The maximum absolute atomic E-state index is 11.5. The zero-order valence-corrected chi connectivity index (χ0v) is 10.1. The topological polar surface area (TPSA) is 106 Å². The monoisotopic (exact) mass is 252 g/mol. The van der Waals surface area contributed by atoms with Crippen LogP contribution >= 0.6 is 0 Å². The fourth-order valence-electron chi connectivity index (χ4n) is 1.18. The molecule has 1 aromatic heterocycles. The van der Waals surface area contributed by atoms with Crippen LogP contribution in [0.5, 0.6) is 5.88 Å². The average Bonchev–Trinajstić information content (AvgIpc) is 2.38. The Balaban J connectivity index is 2.56. The Bertz CT molecular complexity index is 423. The standard InChI is InChI=1S/C11H16N4O3/c1-2-18-11-8(4-3-5-13-11)15-10(17)7-14-9(16)6-12/h3-5H,2,6-7,12H2,1H3,(H,14,16)(H,15,17). The lowest BCUT2D eigenvalue weighted by Crippen LogP contribution is -2.36. The molecule has 0 aromatic carbocycles. The van der Waals surface area contributed by atoms with Crippen LogP contribution in [-0.4, -0.2) is 36.5 Å². The summed E-state index contributed by atoms with van der Waals surface area (Å²) in [5, 5.41) is 4.96. The Morgan fingerprint density at radius 2 is 2.22 bits per heavy atom. The quantitative estimate of drug-likeness (QED) is 0.632. The second kappa shape index (κ2) is 7.23. The first-order valence-corrected chi connectivity index (χ1v) is 5.51. The Morgan fingerprint density at radius 1 is 1.44 bits per heavy atom. The summed E-state index contributed by atoms with van der Waals surface area (Å²) >= 11 is 0. The second-order valence-electron chi connectivity index (χ2n) is 3.32. The van der Waals surface area contributed by atoms with Gasteiger partial charge in [0.25, 0.3) is 0 Å². The fraction of sp³-hybridized carbons (Fsp3) is 0.364. The van der Waals surface area contributed by atoms with E-state index >= 15 is 0 Å². The molecule has 0 aliphatic heterocycles. The van der Waals surface area contributed by atoms with E-state index in [0.29, 0.717) is 18.2 Å². The zero-order chi connectivity index (χ0) is 13.4. The molecule has 0 aliphatic rings. The summed E-state index contributed by atoms with van der Waals surface area (Å²) in [5.41, 5.74) is 5.56. The van der Waals surface area contributed by atoms with E-state index in [1.165, 1.54) is 0 Å². The number of nitrogens with one attached hydrogen (secondary N) is 2. The molecule has 0 aliphatic carbocycles. The third kappa shape index (κ3) is 4.38. The van der Waals surface area contributed by atoms with Gasteiger partial charge in [-0.3, -0.25) is 9.59 Å². The van der Waals surface area contributed by atoms with Gasteiger partial charge in [0.2, 0.25) is 17.7 Å². The largest absolute Gasteiger partial charge is 0.476 e. The minimum absolute atomic E-state index is 0.142. The second-order valence-corrected chi connectivity index (χ2v) is 3.32. The van der Waals surface area contributed by atoms with Crippen molar-refractivity contribution in [2.24, 2.45) is 5.73 Å². The Kier molecular flexibility index (Phi) is 5.59. The predicted octanol–water partition coefficient (Wildman–Crippen LogP) is -0.506. The lowest BCUT2D eigenvalue weighted by molar-refractivity contribution is -0.123. The Labute approximate surface area is 105 Å². The molecule has 7 heteroatoms. The number of pyridine rings is 1. The number of nitrogens with zero attached hydrogens (tertiary/aromatic N) is 1. The molecule has 0 atom stereocenters. The number of ether oxygens (including phenoxy) is 1. The number of hydrogen-bond donors (Lipinski definition) is 3. The van der Waals surface area contributed by atoms with Gasteiger partial charge >= 0.3 is 0 Å². The molecule has 0 saturated heterocycles. The number of anilines is 1. The molecule has 1 heterocycles. The van der Waals surface area contributed by atoms with E-state index in [1.54, 1.807) is 18.3 Å². The first kappa shape index (κ1) is 13.9. The van der Waals surface area contributed by atoms with Crippen molar-refractivity contribution in [3.63, 3.8) is 0 Å². The molecule has 0 fully saturated rings. The van der Waals surface area contributed by atoms with Gasteiger partial charge in [-0.2, -0.15) is 0 Å². The molecule has 7 nitrogen and oxygen atoms in total. The van der Waals surface area contributed by atoms with Crippen LogP contribution < -0.4 is 21.1 Å². The van der Waals surface area contributed by atoms with Crippen LogP contribution in [0, 0.1) is 0 Å². The molecule has 0 spiro atoms. The number of nitrogens with two attached hydrogens (primary N) is 1. The van der Waals surface area contributed by atoms with Gasteiger partial charge in [-0.1, -0.05) is 0 Å². The van der Waals surface area contributed by atoms with Crippen LogP contribution in [0.3, 0.4) is 0 Å². The molecule has 1 rings (SSSR count). The summed E-state index contributed by atoms with van der Waals surface area (Å²) in [5.74, 6) is -0.411. The smallest absolute Gasteiger partial charge is 0.243 e. The predicted molar refractivity (Wildman–Crippen MR) is 66.1 cm³/mol. The highest BCUT2D eigenvalue weighted by Crippen LogP contribution is 2.19. The molecule has 0 saturated carbocycles. The van der Waals surface area contributed by atoms with Crippen LogP contribution in [0.2, 0.25) is 0 Å². The summed E-state index contributed by atoms with van der Waals surface area (Å²) < 4.78 is 5.25. The third-order valence-corrected chi connectivity index (χ3v) is 1.96. The van der Waals surface area contributed by atoms with Crippen molar-refractivity contribution in [1.29, 1.82) is 0 Å². The van der Waals surface area contributed by atoms with Gasteiger partial charge in [0.15, 0.2) is 0 Å². The maximum Gasteiger partial charge on any atom is 0.243 e. The highest BCUT2D eigenvalue weighted by molar-refractivity contribution is 5.95. The summed E-state index contributed by atoms with van der Waals surface area (Å²) in [6, 6.07) is 3.34. The van der Waals surface area contributed by atoms with E-state index in [9.17, 15) is 9.59 Å². The SMILES string of the molecule is CCOc1ncccc1NC(=O)CNC(=O)CN. The lowest BCUT2D eigenvalue weighted by Gasteiger charge is -2.10. The minimum Gasteiger partial charge on any atom is -0.476 e. The van der Waals surface area contributed by atoms with Gasteiger partial charge in [0, 0.05) is 6.20 Å². The van der Waals surface area contributed by atoms with Gasteiger partial charge in [-0.15, -0.1) is 0 Å². The summed E-state index contributed by atoms with van der Waals surface area (Å²) in [6.45, 7) is 1.98. The molecule has 0 bridgehead atoms. The molecule has 4 N–H and O–H groups in total. The van der Waals surface area contributed by atoms with E-state index < -0.39 is 0 Å². The van der Waals surface area contributed by atoms with E-state index in [4.69, 9.17) is 10.5 Å². The highest BCUT2D eigenvalue weighted by atomic mass is 16.5. The Morgan fingerprint density at radius 3 is 2.89 bits per heavy atom. The normalized spacial score (nSPS) is 9.67. The van der Waals surface area contributed by atoms with Crippen molar-refractivity contribution < 1.29 is 14.3 Å². The number of rotatable bonds is 6. The van der Waals surface area contributed by atoms with Crippen molar-refractivity contribution in [2.45, 2.75) is 6.92 Å². The van der Waals surface area contributed by atoms with Crippen molar-refractivity contribution in [1.82, 2.24) is 10.3 Å². The van der Waals surface area contributed by atoms with Crippen molar-refractivity contribution in [3.8, 4) is 5.88 Å². The Hall–Kier alpha value is -2.15.